The monoisotopic (exact) mass is 212 g/mol. The molecule has 2 nitrogen and oxygen atoms in total. The maximum atomic E-state index is 5.26. The minimum Gasteiger partial charge on any atom is -0.497 e. The summed E-state index contributed by atoms with van der Waals surface area (Å²) in [5.74, 6) is 0.931. The molecule has 0 aliphatic rings. The van der Waals surface area contributed by atoms with E-state index in [0.29, 0.717) is 0 Å². The first-order valence-electron chi connectivity index (χ1n) is 4.64. The Morgan fingerprint density at radius 3 is 2.71 bits per heavy atom. The van der Waals surface area contributed by atoms with Crippen molar-refractivity contribution in [3.05, 3.63) is 29.8 Å². The summed E-state index contributed by atoms with van der Waals surface area (Å²) in [6.45, 7) is 2.15. The smallest absolute Gasteiger partial charge is 0.119 e. The Kier molecular flexibility index (Phi) is 4.92. The van der Waals surface area contributed by atoms with Crippen LogP contribution >= 0.6 is 8.15 Å². The Labute approximate surface area is 87.1 Å². The highest BCUT2D eigenvalue weighted by atomic mass is 31.1. The molecular weight excluding hydrogens is 195 g/mol. The Balaban J connectivity index is 2.50. The number of aryl methyl sites for hydroxylation is 1. The van der Waals surface area contributed by atoms with Crippen molar-refractivity contribution in [2.24, 2.45) is 0 Å². The first kappa shape index (κ1) is 11.5. The van der Waals surface area contributed by atoms with Gasteiger partial charge in [-0.25, -0.2) is 0 Å². The normalized spacial score (nSPS) is 12.5. The van der Waals surface area contributed by atoms with Crippen LogP contribution in [0.5, 0.6) is 5.75 Å². The van der Waals surface area contributed by atoms with Crippen molar-refractivity contribution >= 4 is 8.15 Å². The molecule has 0 bridgehead atoms. The maximum Gasteiger partial charge on any atom is 0.119 e. The maximum absolute atomic E-state index is 5.26. The van der Waals surface area contributed by atoms with Crippen molar-refractivity contribution < 1.29 is 9.26 Å². The molecule has 1 rings (SSSR count). The van der Waals surface area contributed by atoms with Crippen molar-refractivity contribution in [1.29, 1.82) is 0 Å². The third kappa shape index (κ3) is 3.65. The van der Waals surface area contributed by atoms with Gasteiger partial charge in [0, 0.05) is 15.3 Å². The molecule has 0 aromatic heterocycles. The van der Waals surface area contributed by atoms with Crippen LogP contribution in [0.4, 0.5) is 0 Å². The lowest BCUT2D eigenvalue weighted by atomic mass is 10.2. The van der Waals surface area contributed by atoms with E-state index in [2.05, 4.69) is 18.8 Å². The lowest BCUT2D eigenvalue weighted by Crippen LogP contribution is -1.92. The summed E-state index contributed by atoms with van der Waals surface area (Å²) in [7, 11) is 3.21. The second-order valence-corrected chi connectivity index (χ2v) is 5.20. The zero-order valence-corrected chi connectivity index (χ0v) is 9.88. The van der Waals surface area contributed by atoms with Gasteiger partial charge in [-0.05, 0) is 36.9 Å². The fourth-order valence-corrected chi connectivity index (χ4v) is 1.96. The third-order valence-electron chi connectivity index (χ3n) is 2.16. The van der Waals surface area contributed by atoms with E-state index in [-0.39, 0.29) is 8.15 Å². The van der Waals surface area contributed by atoms with Crippen LogP contribution in [0.1, 0.15) is 5.56 Å². The van der Waals surface area contributed by atoms with Crippen LogP contribution in [-0.4, -0.2) is 27.0 Å². The number of methoxy groups -OCH3 is 1. The van der Waals surface area contributed by atoms with Crippen molar-refractivity contribution in [3.8, 4) is 5.75 Å². The van der Waals surface area contributed by atoms with Crippen LogP contribution in [0.25, 0.3) is 0 Å². The average Bonchev–Trinajstić information content (AvgIpc) is 2.26. The molecule has 0 aliphatic carbocycles. The lowest BCUT2D eigenvalue weighted by molar-refractivity contribution is 0.414. The number of rotatable bonds is 5. The molecular formula is C11H17O2P. The van der Waals surface area contributed by atoms with Crippen molar-refractivity contribution in [1.82, 2.24) is 0 Å². The Morgan fingerprint density at radius 1 is 1.29 bits per heavy atom. The van der Waals surface area contributed by atoms with Crippen molar-refractivity contribution in [3.63, 3.8) is 0 Å². The predicted molar refractivity (Wildman–Crippen MR) is 61.4 cm³/mol. The van der Waals surface area contributed by atoms with Gasteiger partial charge in [-0.15, -0.1) is 0 Å². The average molecular weight is 212 g/mol. The fourth-order valence-electron chi connectivity index (χ4n) is 1.21. The van der Waals surface area contributed by atoms with E-state index in [0.717, 1.165) is 18.3 Å². The summed E-state index contributed by atoms with van der Waals surface area (Å²) in [5, 5.41) is 0. The summed E-state index contributed by atoms with van der Waals surface area (Å²) in [4.78, 5) is 0. The molecule has 1 aromatic rings. The van der Waals surface area contributed by atoms with Crippen LogP contribution in [0.2, 0.25) is 0 Å². The van der Waals surface area contributed by atoms with Gasteiger partial charge in [0.05, 0.1) is 7.11 Å². The Morgan fingerprint density at radius 2 is 2.07 bits per heavy atom. The summed E-state index contributed by atoms with van der Waals surface area (Å²) in [6.07, 6.45) is 2.17. The van der Waals surface area contributed by atoms with Gasteiger partial charge in [-0.3, -0.25) is 0 Å². The van der Waals surface area contributed by atoms with Crippen LogP contribution in [0.3, 0.4) is 0 Å². The molecule has 0 aliphatic heterocycles. The van der Waals surface area contributed by atoms with E-state index in [4.69, 9.17) is 9.26 Å². The SMILES string of the molecule is COc1cccc(CCP(C)OC)c1. The summed E-state index contributed by atoms with van der Waals surface area (Å²) < 4.78 is 10.4. The highest BCUT2D eigenvalue weighted by molar-refractivity contribution is 7.51. The summed E-state index contributed by atoms with van der Waals surface area (Å²) in [5.41, 5.74) is 1.32. The van der Waals surface area contributed by atoms with Crippen molar-refractivity contribution in [2.45, 2.75) is 6.42 Å². The minimum atomic E-state index is -0.257. The topological polar surface area (TPSA) is 18.5 Å². The van der Waals surface area contributed by atoms with Gasteiger partial charge in [-0.2, -0.15) is 0 Å². The van der Waals surface area contributed by atoms with Gasteiger partial charge in [0.1, 0.15) is 5.75 Å². The minimum absolute atomic E-state index is 0.257. The van der Waals surface area contributed by atoms with E-state index in [1.807, 2.05) is 12.1 Å². The molecule has 1 unspecified atom stereocenters. The van der Waals surface area contributed by atoms with Crippen LogP contribution < -0.4 is 4.74 Å². The van der Waals surface area contributed by atoms with Gasteiger partial charge >= 0.3 is 0 Å². The molecule has 1 aromatic carbocycles. The quantitative estimate of drug-likeness (QED) is 0.699. The number of benzene rings is 1. The van der Waals surface area contributed by atoms with Gasteiger partial charge in [0.25, 0.3) is 0 Å². The molecule has 78 valence electrons. The third-order valence-corrected chi connectivity index (χ3v) is 3.64. The molecule has 0 N–H and O–H groups in total. The largest absolute Gasteiger partial charge is 0.497 e. The zero-order chi connectivity index (χ0) is 10.4. The molecule has 0 amide bonds. The van der Waals surface area contributed by atoms with Crippen molar-refractivity contribution in [2.75, 3.05) is 27.0 Å². The molecule has 0 spiro atoms. The summed E-state index contributed by atoms with van der Waals surface area (Å²) in [6, 6.07) is 8.20. The fraction of sp³-hybridized carbons (Fsp3) is 0.455. The summed E-state index contributed by atoms with van der Waals surface area (Å²) >= 11 is 0. The van der Waals surface area contributed by atoms with Crippen LogP contribution in [-0.2, 0) is 10.9 Å². The lowest BCUT2D eigenvalue weighted by Gasteiger charge is -2.09. The molecule has 0 saturated heterocycles. The van der Waals surface area contributed by atoms with E-state index in [1.54, 1.807) is 14.2 Å². The van der Waals surface area contributed by atoms with Crippen LogP contribution in [0.15, 0.2) is 24.3 Å². The molecule has 14 heavy (non-hydrogen) atoms. The number of hydrogen-bond acceptors (Lipinski definition) is 2. The van der Waals surface area contributed by atoms with Gasteiger partial charge in [0.2, 0.25) is 0 Å². The molecule has 0 radical (unpaired) electrons. The number of ether oxygens (including phenoxy) is 1. The second kappa shape index (κ2) is 6.00. The predicted octanol–water partition coefficient (Wildman–Crippen LogP) is 2.91. The van der Waals surface area contributed by atoms with E-state index < -0.39 is 0 Å². The van der Waals surface area contributed by atoms with Gasteiger partial charge < -0.3 is 9.26 Å². The number of hydrogen-bond donors (Lipinski definition) is 0. The first-order chi connectivity index (χ1) is 6.76. The van der Waals surface area contributed by atoms with Gasteiger partial charge in [0.15, 0.2) is 0 Å². The molecule has 0 fully saturated rings. The van der Waals surface area contributed by atoms with E-state index in [9.17, 15) is 0 Å². The Hall–Kier alpha value is -0.590. The zero-order valence-electron chi connectivity index (χ0n) is 8.99. The molecule has 0 heterocycles. The second-order valence-electron chi connectivity index (χ2n) is 3.14. The standard InChI is InChI=1S/C11H17O2P/c1-12-11-6-4-5-10(9-11)7-8-14(3)13-2/h4-6,9H,7-8H2,1-3H3. The Bertz CT molecular complexity index is 276. The molecule has 0 saturated carbocycles. The molecule has 3 heteroatoms. The highest BCUT2D eigenvalue weighted by Gasteiger charge is 2.01. The van der Waals surface area contributed by atoms with Crippen LogP contribution in [0, 0.1) is 0 Å². The highest BCUT2D eigenvalue weighted by Crippen LogP contribution is 2.31. The first-order valence-corrected chi connectivity index (χ1v) is 6.53. The van der Waals surface area contributed by atoms with E-state index >= 15 is 0 Å². The molecule has 1 atom stereocenters. The van der Waals surface area contributed by atoms with E-state index in [1.165, 1.54) is 5.56 Å². The van der Waals surface area contributed by atoms with Gasteiger partial charge in [-0.1, -0.05) is 12.1 Å².